The normalized spacial score (nSPS) is 33.8. The van der Waals surface area contributed by atoms with Crippen molar-refractivity contribution in [2.45, 2.75) is 51.1 Å². The second-order valence-electron chi connectivity index (χ2n) is 4.38. The third kappa shape index (κ3) is 2.17. The van der Waals surface area contributed by atoms with Gasteiger partial charge in [-0.1, -0.05) is 12.8 Å². The molecule has 4 N–H and O–H groups in total. The molecule has 2 heteroatoms. The van der Waals surface area contributed by atoms with Crippen molar-refractivity contribution in [2.24, 2.45) is 17.4 Å². The molecule has 0 heterocycles. The Morgan fingerprint density at radius 2 is 1.73 bits per heavy atom. The van der Waals surface area contributed by atoms with Crippen LogP contribution in [0.3, 0.4) is 0 Å². The number of rotatable bonds is 1. The summed E-state index contributed by atoms with van der Waals surface area (Å²) < 4.78 is 0. The van der Waals surface area contributed by atoms with E-state index in [1.807, 2.05) is 0 Å². The largest absolute Gasteiger partial charge is 0.327 e. The molecule has 1 saturated carbocycles. The van der Waals surface area contributed by atoms with Gasteiger partial charge in [0.2, 0.25) is 0 Å². The Kier molecular flexibility index (Phi) is 2.55. The maximum absolute atomic E-state index is 6.02. The average molecular weight is 156 g/mol. The van der Waals surface area contributed by atoms with Crippen LogP contribution in [-0.2, 0) is 0 Å². The lowest BCUT2D eigenvalue weighted by Crippen LogP contribution is -2.51. The van der Waals surface area contributed by atoms with Gasteiger partial charge in [0.1, 0.15) is 0 Å². The Morgan fingerprint density at radius 1 is 1.18 bits per heavy atom. The Labute approximate surface area is 69.3 Å². The number of nitrogens with two attached hydrogens (primary N) is 2. The van der Waals surface area contributed by atoms with Crippen molar-refractivity contribution in [1.29, 1.82) is 0 Å². The van der Waals surface area contributed by atoms with Crippen molar-refractivity contribution in [3.8, 4) is 0 Å². The van der Waals surface area contributed by atoms with Gasteiger partial charge in [0, 0.05) is 11.6 Å². The quantitative estimate of drug-likeness (QED) is 0.600. The van der Waals surface area contributed by atoms with E-state index < -0.39 is 0 Å². The van der Waals surface area contributed by atoms with Crippen molar-refractivity contribution >= 4 is 0 Å². The van der Waals surface area contributed by atoms with Crippen molar-refractivity contribution in [2.75, 3.05) is 0 Å². The fourth-order valence-electron chi connectivity index (χ4n) is 2.08. The molecule has 2 unspecified atom stereocenters. The van der Waals surface area contributed by atoms with E-state index in [4.69, 9.17) is 11.5 Å². The van der Waals surface area contributed by atoms with Gasteiger partial charge in [0.25, 0.3) is 0 Å². The zero-order valence-corrected chi connectivity index (χ0v) is 7.64. The fraction of sp³-hybridized carbons (Fsp3) is 1.00. The Hall–Kier alpha value is -0.0800. The minimum Gasteiger partial charge on any atom is -0.327 e. The second kappa shape index (κ2) is 3.11. The Bertz CT molecular complexity index is 126. The van der Waals surface area contributed by atoms with Gasteiger partial charge in [-0.15, -0.1) is 0 Å². The van der Waals surface area contributed by atoms with E-state index >= 15 is 0 Å². The van der Waals surface area contributed by atoms with Crippen molar-refractivity contribution in [3.63, 3.8) is 0 Å². The SMILES string of the molecule is CC(C)(N)C1CCCCC1N. The van der Waals surface area contributed by atoms with Crippen molar-refractivity contribution in [1.82, 2.24) is 0 Å². The van der Waals surface area contributed by atoms with Crippen molar-refractivity contribution < 1.29 is 0 Å². The standard InChI is InChI=1S/C9H20N2/c1-9(2,11)7-5-3-4-6-8(7)10/h7-8H,3-6,10-11H2,1-2H3. The van der Waals surface area contributed by atoms with Gasteiger partial charge < -0.3 is 11.5 Å². The van der Waals surface area contributed by atoms with Crippen LogP contribution in [0.4, 0.5) is 0 Å². The van der Waals surface area contributed by atoms with E-state index in [1.54, 1.807) is 0 Å². The lowest BCUT2D eigenvalue weighted by Gasteiger charge is -2.38. The molecule has 2 atom stereocenters. The van der Waals surface area contributed by atoms with Crippen LogP contribution in [0, 0.1) is 5.92 Å². The Balaban J connectivity index is 2.55. The summed E-state index contributed by atoms with van der Waals surface area (Å²) in [6.07, 6.45) is 4.96. The van der Waals surface area contributed by atoms with Crippen LogP contribution in [0.15, 0.2) is 0 Å². The number of hydrogen-bond donors (Lipinski definition) is 2. The lowest BCUT2D eigenvalue weighted by molar-refractivity contribution is 0.207. The monoisotopic (exact) mass is 156 g/mol. The molecule has 11 heavy (non-hydrogen) atoms. The maximum atomic E-state index is 6.02. The van der Waals surface area contributed by atoms with Gasteiger partial charge in [0.15, 0.2) is 0 Å². The molecule has 66 valence electrons. The molecule has 0 bridgehead atoms. The second-order valence-corrected chi connectivity index (χ2v) is 4.38. The molecule has 0 amide bonds. The highest BCUT2D eigenvalue weighted by molar-refractivity contribution is 4.91. The summed E-state index contributed by atoms with van der Waals surface area (Å²) in [5.41, 5.74) is 11.9. The van der Waals surface area contributed by atoms with E-state index in [0.717, 1.165) is 6.42 Å². The van der Waals surface area contributed by atoms with Gasteiger partial charge in [-0.25, -0.2) is 0 Å². The van der Waals surface area contributed by atoms with Crippen LogP contribution in [-0.4, -0.2) is 11.6 Å². The summed E-state index contributed by atoms with van der Waals surface area (Å²) in [4.78, 5) is 0. The molecule has 1 fully saturated rings. The Morgan fingerprint density at radius 3 is 2.09 bits per heavy atom. The first-order chi connectivity index (χ1) is 5.02. The smallest absolute Gasteiger partial charge is 0.0140 e. The molecule has 0 aliphatic heterocycles. The summed E-state index contributed by atoms with van der Waals surface area (Å²) in [6, 6.07) is 0.337. The molecule has 2 nitrogen and oxygen atoms in total. The summed E-state index contributed by atoms with van der Waals surface area (Å²) in [6.45, 7) is 4.17. The predicted octanol–water partition coefficient (Wildman–Crippen LogP) is 1.24. The van der Waals surface area contributed by atoms with Gasteiger partial charge in [-0.3, -0.25) is 0 Å². The van der Waals surface area contributed by atoms with Gasteiger partial charge in [-0.2, -0.15) is 0 Å². The van der Waals surface area contributed by atoms with Crippen molar-refractivity contribution in [3.05, 3.63) is 0 Å². The molecule has 1 rings (SSSR count). The third-order valence-corrected chi connectivity index (χ3v) is 2.78. The molecular formula is C9H20N2. The van der Waals surface area contributed by atoms with Crippen LogP contribution >= 0.6 is 0 Å². The molecule has 0 spiro atoms. The summed E-state index contributed by atoms with van der Waals surface area (Å²) in [5, 5.41) is 0. The van der Waals surface area contributed by atoms with Crippen LogP contribution in [0.1, 0.15) is 39.5 Å². The zero-order valence-electron chi connectivity index (χ0n) is 7.64. The van der Waals surface area contributed by atoms with E-state index in [0.29, 0.717) is 12.0 Å². The van der Waals surface area contributed by atoms with Gasteiger partial charge in [-0.05, 0) is 32.6 Å². The molecule has 0 saturated heterocycles. The first kappa shape index (κ1) is 9.01. The highest BCUT2D eigenvalue weighted by atomic mass is 14.8. The lowest BCUT2D eigenvalue weighted by atomic mass is 9.74. The summed E-state index contributed by atoms with van der Waals surface area (Å²) in [5.74, 6) is 0.524. The third-order valence-electron chi connectivity index (χ3n) is 2.78. The summed E-state index contributed by atoms with van der Waals surface area (Å²) in [7, 11) is 0. The van der Waals surface area contributed by atoms with Crippen LogP contribution < -0.4 is 11.5 Å². The van der Waals surface area contributed by atoms with Gasteiger partial charge >= 0.3 is 0 Å². The highest BCUT2D eigenvalue weighted by Crippen LogP contribution is 2.29. The minimum atomic E-state index is -0.0835. The fourth-order valence-corrected chi connectivity index (χ4v) is 2.08. The van der Waals surface area contributed by atoms with Crippen LogP contribution in [0.5, 0.6) is 0 Å². The molecule has 1 aliphatic rings. The van der Waals surface area contributed by atoms with E-state index in [2.05, 4.69) is 13.8 Å². The van der Waals surface area contributed by atoms with Crippen LogP contribution in [0.25, 0.3) is 0 Å². The topological polar surface area (TPSA) is 52.0 Å². The predicted molar refractivity (Wildman–Crippen MR) is 48.2 cm³/mol. The molecule has 0 aromatic heterocycles. The van der Waals surface area contributed by atoms with E-state index in [9.17, 15) is 0 Å². The summed E-state index contributed by atoms with van der Waals surface area (Å²) >= 11 is 0. The molecule has 1 aliphatic carbocycles. The molecule has 0 aromatic rings. The number of hydrogen-bond acceptors (Lipinski definition) is 2. The minimum absolute atomic E-state index is 0.0835. The maximum Gasteiger partial charge on any atom is 0.0140 e. The molecule has 0 aromatic carbocycles. The van der Waals surface area contributed by atoms with Gasteiger partial charge in [0.05, 0.1) is 0 Å². The van der Waals surface area contributed by atoms with E-state index in [1.165, 1.54) is 19.3 Å². The first-order valence-electron chi connectivity index (χ1n) is 4.56. The first-order valence-corrected chi connectivity index (χ1v) is 4.56. The average Bonchev–Trinajstić information content (AvgIpc) is 1.86. The molecule has 0 radical (unpaired) electrons. The zero-order chi connectivity index (χ0) is 8.48. The molecular weight excluding hydrogens is 136 g/mol. The van der Waals surface area contributed by atoms with Crippen LogP contribution in [0.2, 0.25) is 0 Å². The van der Waals surface area contributed by atoms with E-state index in [-0.39, 0.29) is 5.54 Å². The highest BCUT2D eigenvalue weighted by Gasteiger charge is 2.32.